The van der Waals surface area contributed by atoms with Gasteiger partial charge < -0.3 is 15.1 Å². The molecule has 31 heavy (non-hydrogen) atoms. The minimum atomic E-state index is 0.195. The van der Waals surface area contributed by atoms with Crippen molar-refractivity contribution in [3.05, 3.63) is 52.2 Å². The molecule has 2 aliphatic rings. The molecule has 1 aromatic carbocycles. The van der Waals surface area contributed by atoms with Crippen LogP contribution in [-0.4, -0.2) is 59.5 Å². The molecule has 1 fully saturated rings. The number of likely N-dealkylation sites (N-methyl/N-ethyl adjacent to an activating group) is 1. The van der Waals surface area contributed by atoms with E-state index in [1.165, 1.54) is 60.2 Å². The van der Waals surface area contributed by atoms with Gasteiger partial charge in [0.25, 0.3) is 0 Å². The number of benzene rings is 1. The Hall–Kier alpha value is -2.02. The lowest BCUT2D eigenvalue weighted by Gasteiger charge is -2.37. The number of fused-ring (bicyclic) bond motifs is 3. The summed E-state index contributed by atoms with van der Waals surface area (Å²) in [6, 6.07) is 11.7. The Bertz CT molecular complexity index is 1040. The van der Waals surface area contributed by atoms with Crippen LogP contribution >= 0.6 is 11.3 Å². The van der Waals surface area contributed by atoms with E-state index < -0.39 is 0 Å². The summed E-state index contributed by atoms with van der Waals surface area (Å²) < 4.78 is 0. The molecule has 1 N–H and O–H groups in total. The molecule has 2 aromatic heterocycles. The molecule has 5 nitrogen and oxygen atoms in total. The van der Waals surface area contributed by atoms with Crippen molar-refractivity contribution in [3.8, 4) is 0 Å². The third kappa shape index (κ3) is 4.34. The van der Waals surface area contributed by atoms with E-state index in [4.69, 9.17) is 9.97 Å². The first-order valence-electron chi connectivity index (χ1n) is 11.6. The number of nitrogens with zero attached hydrogens (tertiary/aromatic N) is 4. The zero-order chi connectivity index (χ0) is 21.4. The highest BCUT2D eigenvalue weighted by molar-refractivity contribution is 7.19. The summed E-state index contributed by atoms with van der Waals surface area (Å²) in [5.74, 6) is 1.87. The third-order valence-electron chi connectivity index (χ3n) is 6.97. The molecular formula is C25H33N5S. The second kappa shape index (κ2) is 8.85. The van der Waals surface area contributed by atoms with Gasteiger partial charge >= 0.3 is 0 Å². The minimum absolute atomic E-state index is 0.195. The molecule has 3 aromatic rings. The van der Waals surface area contributed by atoms with Crippen molar-refractivity contribution in [2.75, 3.05) is 39.0 Å². The fourth-order valence-electron chi connectivity index (χ4n) is 5.16. The number of likely N-dealkylation sites (tertiary alicyclic amines) is 1. The van der Waals surface area contributed by atoms with Crippen LogP contribution in [0.25, 0.3) is 10.2 Å². The molecule has 3 heterocycles. The summed E-state index contributed by atoms with van der Waals surface area (Å²) in [6.07, 6.45) is 6.08. The quantitative estimate of drug-likeness (QED) is 0.610. The van der Waals surface area contributed by atoms with Gasteiger partial charge in [-0.3, -0.25) is 0 Å². The summed E-state index contributed by atoms with van der Waals surface area (Å²) in [5, 5.41) is 5.15. The molecule has 0 bridgehead atoms. The van der Waals surface area contributed by atoms with E-state index in [2.05, 4.69) is 59.5 Å². The Labute approximate surface area is 189 Å². The van der Waals surface area contributed by atoms with Gasteiger partial charge in [-0.05, 0) is 77.3 Å². The van der Waals surface area contributed by atoms with Gasteiger partial charge in [-0.25, -0.2) is 9.97 Å². The van der Waals surface area contributed by atoms with E-state index >= 15 is 0 Å². The predicted molar refractivity (Wildman–Crippen MR) is 130 cm³/mol. The number of hydrogen-bond acceptors (Lipinski definition) is 6. The van der Waals surface area contributed by atoms with E-state index in [1.54, 1.807) is 0 Å². The molecule has 1 atom stereocenters. The summed E-state index contributed by atoms with van der Waals surface area (Å²) in [7, 11) is 4.52. The van der Waals surface area contributed by atoms with Crippen molar-refractivity contribution < 1.29 is 0 Å². The number of aromatic nitrogens is 2. The van der Waals surface area contributed by atoms with Crippen molar-refractivity contribution in [3.63, 3.8) is 0 Å². The predicted octanol–water partition coefficient (Wildman–Crippen LogP) is 4.67. The zero-order valence-electron chi connectivity index (χ0n) is 18.9. The lowest BCUT2D eigenvalue weighted by molar-refractivity contribution is 0.140. The van der Waals surface area contributed by atoms with Crippen molar-refractivity contribution in [1.29, 1.82) is 0 Å². The zero-order valence-corrected chi connectivity index (χ0v) is 19.7. The first-order chi connectivity index (χ1) is 15.1. The first-order valence-corrected chi connectivity index (χ1v) is 12.4. The van der Waals surface area contributed by atoms with Gasteiger partial charge in [-0.1, -0.05) is 30.3 Å². The number of thiophene rings is 1. The van der Waals surface area contributed by atoms with E-state index in [0.717, 1.165) is 29.4 Å². The number of piperidine rings is 1. The van der Waals surface area contributed by atoms with E-state index in [1.807, 2.05) is 18.3 Å². The summed E-state index contributed by atoms with van der Waals surface area (Å²) in [4.78, 5) is 17.3. The molecule has 0 spiro atoms. The van der Waals surface area contributed by atoms with Gasteiger partial charge in [0.2, 0.25) is 0 Å². The van der Waals surface area contributed by atoms with Gasteiger partial charge in [-0.2, -0.15) is 0 Å². The highest BCUT2D eigenvalue weighted by atomic mass is 32.1. The lowest BCUT2D eigenvalue weighted by Crippen LogP contribution is -2.44. The minimum Gasteiger partial charge on any atom is -0.361 e. The molecule has 0 unspecified atom stereocenters. The summed E-state index contributed by atoms with van der Waals surface area (Å²) in [5.41, 5.74) is 2.80. The third-order valence-corrected chi connectivity index (χ3v) is 8.16. The Morgan fingerprint density at radius 3 is 2.71 bits per heavy atom. The molecular weight excluding hydrogens is 402 g/mol. The standard InChI is InChI=1S/C25H33N5S/c1-17-26-24(23-20-10-7-11-22(20)31-25(23)27-17)28-21(18-8-5-4-6-9-18)16-30(3)19-12-14-29(2)15-13-19/h4-6,8-9,19,21H,7,10-16H2,1-3H3,(H,26,27,28)/t21-/m1/s1. The van der Waals surface area contributed by atoms with Crippen LogP contribution in [0.5, 0.6) is 0 Å². The van der Waals surface area contributed by atoms with Crippen LogP contribution in [-0.2, 0) is 12.8 Å². The molecule has 0 saturated carbocycles. The maximum Gasteiger partial charge on any atom is 0.139 e. The molecule has 1 saturated heterocycles. The Morgan fingerprint density at radius 2 is 1.94 bits per heavy atom. The Balaban J connectivity index is 1.46. The van der Waals surface area contributed by atoms with Crippen LogP contribution in [0.3, 0.4) is 0 Å². The number of rotatable bonds is 6. The highest BCUT2D eigenvalue weighted by Crippen LogP contribution is 2.40. The molecule has 1 aliphatic heterocycles. The number of aryl methyl sites for hydroxylation is 3. The summed E-state index contributed by atoms with van der Waals surface area (Å²) >= 11 is 1.87. The average molecular weight is 436 g/mol. The van der Waals surface area contributed by atoms with Crippen LogP contribution in [0.2, 0.25) is 0 Å². The molecule has 1 aliphatic carbocycles. The SMILES string of the molecule is Cc1nc(N[C@H](CN(C)C2CCN(C)CC2)c2ccccc2)c2c3c(sc2n1)CCC3. The van der Waals surface area contributed by atoms with Crippen LogP contribution in [0.15, 0.2) is 30.3 Å². The Kier molecular flexibility index (Phi) is 5.95. The van der Waals surface area contributed by atoms with E-state index in [-0.39, 0.29) is 6.04 Å². The molecule has 0 radical (unpaired) electrons. The van der Waals surface area contributed by atoms with Gasteiger partial charge in [0.05, 0.1) is 11.4 Å². The van der Waals surface area contributed by atoms with Crippen LogP contribution in [0.4, 0.5) is 5.82 Å². The Morgan fingerprint density at radius 1 is 1.16 bits per heavy atom. The van der Waals surface area contributed by atoms with Gasteiger partial charge in [0, 0.05) is 17.5 Å². The van der Waals surface area contributed by atoms with Crippen LogP contribution < -0.4 is 5.32 Å². The molecule has 0 amide bonds. The average Bonchev–Trinajstić information content (AvgIpc) is 3.35. The van der Waals surface area contributed by atoms with Crippen LogP contribution in [0.1, 0.15) is 47.1 Å². The first kappa shape index (κ1) is 20.9. The molecule has 6 heteroatoms. The number of hydrogen-bond donors (Lipinski definition) is 1. The van der Waals surface area contributed by atoms with Crippen molar-refractivity contribution in [2.45, 2.75) is 51.1 Å². The normalized spacial score (nSPS) is 18.6. The fourth-order valence-corrected chi connectivity index (χ4v) is 6.47. The smallest absolute Gasteiger partial charge is 0.139 e. The van der Waals surface area contributed by atoms with Crippen LogP contribution in [0, 0.1) is 6.92 Å². The lowest BCUT2D eigenvalue weighted by atomic mass is 10.0. The number of nitrogens with one attached hydrogen (secondary N) is 1. The van der Waals surface area contributed by atoms with Crippen molar-refractivity contribution in [2.24, 2.45) is 0 Å². The van der Waals surface area contributed by atoms with Gasteiger partial charge in [-0.15, -0.1) is 11.3 Å². The monoisotopic (exact) mass is 435 g/mol. The van der Waals surface area contributed by atoms with Gasteiger partial charge in [0.1, 0.15) is 16.5 Å². The van der Waals surface area contributed by atoms with Crippen molar-refractivity contribution >= 4 is 27.4 Å². The van der Waals surface area contributed by atoms with E-state index in [0.29, 0.717) is 6.04 Å². The van der Waals surface area contributed by atoms with Gasteiger partial charge in [0.15, 0.2) is 0 Å². The fraction of sp³-hybridized carbons (Fsp3) is 0.520. The maximum atomic E-state index is 4.91. The second-order valence-corrected chi connectivity index (χ2v) is 10.3. The molecule has 164 valence electrons. The summed E-state index contributed by atoms with van der Waals surface area (Å²) in [6.45, 7) is 5.35. The second-order valence-electron chi connectivity index (χ2n) is 9.24. The van der Waals surface area contributed by atoms with E-state index in [9.17, 15) is 0 Å². The molecule has 5 rings (SSSR count). The highest BCUT2D eigenvalue weighted by Gasteiger charge is 2.26. The maximum absolute atomic E-state index is 4.91. The van der Waals surface area contributed by atoms with Crippen molar-refractivity contribution in [1.82, 2.24) is 19.8 Å². The number of anilines is 1. The largest absolute Gasteiger partial charge is 0.361 e. The topological polar surface area (TPSA) is 44.3 Å².